The van der Waals surface area contributed by atoms with Crippen LogP contribution in [-0.4, -0.2) is 28.0 Å². The number of alkyl halides is 2. The molecule has 1 amide bonds. The number of carbonyl (C=O) groups excluding carboxylic acids is 1. The lowest BCUT2D eigenvalue weighted by atomic mass is 10.1. The molecule has 1 aromatic carbocycles. The molecule has 3 rings (SSSR count). The number of pyridine rings is 1. The number of carbonyl (C=O) groups is 1. The Hall–Kier alpha value is -2.64. The minimum absolute atomic E-state index is 0.182. The number of nitrogens with one attached hydrogen (secondary N) is 1. The van der Waals surface area contributed by atoms with Crippen LogP contribution in [0, 0.1) is 5.82 Å². The maximum absolute atomic E-state index is 14.2. The van der Waals surface area contributed by atoms with E-state index < -0.39 is 16.6 Å². The molecule has 3 aromatic rings. The van der Waals surface area contributed by atoms with Crippen molar-refractivity contribution in [2.75, 3.05) is 12.4 Å². The molecule has 0 spiro atoms. The molecule has 2 aromatic heterocycles. The molecule has 0 bridgehead atoms. The molecule has 0 aliphatic heterocycles. The van der Waals surface area contributed by atoms with Crippen molar-refractivity contribution in [3.63, 3.8) is 0 Å². The van der Waals surface area contributed by atoms with Crippen molar-refractivity contribution in [1.82, 2.24) is 10.1 Å². The van der Waals surface area contributed by atoms with Crippen molar-refractivity contribution >= 4 is 34.8 Å². The summed E-state index contributed by atoms with van der Waals surface area (Å²) in [6, 6.07) is 9.10. The van der Waals surface area contributed by atoms with E-state index in [2.05, 4.69) is 15.5 Å². The summed E-state index contributed by atoms with van der Waals surface area (Å²) in [7, 11) is 1.44. The number of hydrogen-bond donors (Lipinski definition) is 1. The van der Waals surface area contributed by atoms with Gasteiger partial charge < -0.3 is 14.6 Å². The average molecular weight is 396 g/mol. The Kier molecular flexibility index (Phi) is 5.39. The summed E-state index contributed by atoms with van der Waals surface area (Å²) in [6.07, 6.45) is 1.47. The van der Waals surface area contributed by atoms with E-state index in [9.17, 15) is 9.18 Å². The molecule has 0 aliphatic rings. The zero-order chi connectivity index (χ0) is 18.7. The highest BCUT2D eigenvalue weighted by atomic mass is 35.5. The maximum Gasteiger partial charge on any atom is 0.257 e. The molecule has 0 saturated carbocycles. The van der Waals surface area contributed by atoms with E-state index in [4.69, 9.17) is 32.5 Å². The van der Waals surface area contributed by atoms with E-state index in [-0.39, 0.29) is 17.0 Å². The molecule has 0 fully saturated rings. The van der Waals surface area contributed by atoms with Crippen LogP contribution in [0.4, 0.5) is 10.1 Å². The van der Waals surface area contributed by atoms with Gasteiger partial charge in [0, 0.05) is 18.0 Å². The van der Waals surface area contributed by atoms with Gasteiger partial charge in [-0.3, -0.25) is 9.78 Å². The molecule has 0 atom stereocenters. The van der Waals surface area contributed by atoms with Crippen LogP contribution in [0.1, 0.15) is 0 Å². The van der Waals surface area contributed by atoms with Crippen LogP contribution in [0.25, 0.3) is 22.7 Å². The Morgan fingerprint density at radius 2 is 2.08 bits per heavy atom. The number of ether oxygens (including phenoxy) is 1. The lowest BCUT2D eigenvalue weighted by Crippen LogP contribution is -2.18. The van der Waals surface area contributed by atoms with E-state index in [0.717, 1.165) is 0 Å². The molecular formula is C17H12Cl2FN3O3. The van der Waals surface area contributed by atoms with Crippen LogP contribution >= 0.6 is 23.2 Å². The van der Waals surface area contributed by atoms with Gasteiger partial charge in [0.2, 0.25) is 0 Å². The quantitative estimate of drug-likeness (QED) is 0.651. The molecule has 1 N–H and O–H groups in total. The fraction of sp³-hybridized carbons (Fsp3) is 0.118. The van der Waals surface area contributed by atoms with Crippen molar-refractivity contribution in [1.29, 1.82) is 0 Å². The van der Waals surface area contributed by atoms with Crippen LogP contribution in [0.15, 0.2) is 47.1 Å². The number of hydrogen-bond acceptors (Lipinski definition) is 5. The number of anilines is 1. The van der Waals surface area contributed by atoms with Crippen molar-refractivity contribution in [3.8, 4) is 28.5 Å². The van der Waals surface area contributed by atoms with Crippen LogP contribution < -0.4 is 10.1 Å². The number of aromatic nitrogens is 2. The average Bonchev–Trinajstić information content (AvgIpc) is 3.11. The normalized spacial score (nSPS) is 10.8. The predicted molar refractivity (Wildman–Crippen MR) is 95.8 cm³/mol. The van der Waals surface area contributed by atoms with Gasteiger partial charge in [0.1, 0.15) is 23.0 Å². The van der Waals surface area contributed by atoms with Crippen molar-refractivity contribution in [2.24, 2.45) is 0 Å². The monoisotopic (exact) mass is 395 g/mol. The molecule has 26 heavy (non-hydrogen) atoms. The highest BCUT2D eigenvalue weighted by Gasteiger charge is 2.18. The molecule has 0 unspecified atom stereocenters. The second kappa shape index (κ2) is 7.72. The minimum Gasteiger partial charge on any atom is -0.496 e. The van der Waals surface area contributed by atoms with E-state index in [1.54, 1.807) is 18.2 Å². The lowest BCUT2D eigenvalue weighted by molar-refractivity contribution is -0.114. The summed E-state index contributed by atoms with van der Waals surface area (Å²) in [5.41, 5.74) is 1.25. The molecular weight excluding hydrogens is 384 g/mol. The van der Waals surface area contributed by atoms with Crippen molar-refractivity contribution < 1.29 is 18.4 Å². The van der Waals surface area contributed by atoms with Gasteiger partial charge in [-0.25, -0.2) is 4.39 Å². The van der Waals surface area contributed by atoms with Gasteiger partial charge in [0.05, 0.1) is 12.7 Å². The fourth-order valence-electron chi connectivity index (χ4n) is 2.28. The Balaban J connectivity index is 1.93. The van der Waals surface area contributed by atoms with Gasteiger partial charge >= 0.3 is 0 Å². The third kappa shape index (κ3) is 3.79. The first kappa shape index (κ1) is 18.2. The Bertz CT molecular complexity index is 947. The first-order valence-electron chi connectivity index (χ1n) is 7.34. The van der Waals surface area contributed by atoms with Crippen LogP contribution in [0.3, 0.4) is 0 Å². The Morgan fingerprint density at radius 1 is 1.27 bits per heavy atom. The van der Waals surface area contributed by atoms with Gasteiger partial charge in [0.15, 0.2) is 10.6 Å². The largest absolute Gasteiger partial charge is 0.496 e. The molecule has 0 radical (unpaired) electrons. The van der Waals surface area contributed by atoms with Crippen LogP contribution in [0.2, 0.25) is 0 Å². The summed E-state index contributed by atoms with van der Waals surface area (Å²) in [4.78, 5) is 14.5. The smallest absolute Gasteiger partial charge is 0.257 e. The van der Waals surface area contributed by atoms with Crippen molar-refractivity contribution in [2.45, 2.75) is 4.84 Å². The van der Waals surface area contributed by atoms with Gasteiger partial charge in [-0.05, 0) is 24.3 Å². The summed E-state index contributed by atoms with van der Waals surface area (Å²) < 4.78 is 24.6. The second-order valence-electron chi connectivity index (χ2n) is 5.11. The van der Waals surface area contributed by atoms with E-state index in [1.165, 1.54) is 31.5 Å². The number of methoxy groups -OCH3 is 1. The predicted octanol–water partition coefficient (Wildman–Crippen LogP) is 4.29. The van der Waals surface area contributed by atoms with Crippen LogP contribution in [0.5, 0.6) is 5.75 Å². The molecule has 0 saturated heterocycles. The number of benzene rings is 1. The third-order valence-corrected chi connectivity index (χ3v) is 3.84. The fourth-order valence-corrected chi connectivity index (χ4v) is 2.39. The minimum atomic E-state index is -1.20. The first-order valence-corrected chi connectivity index (χ1v) is 8.22. The standard InChI is InChI=1S/C17H12Cl2FN3O3/c1-25-13-4-2-3-10(20)15(13)12-8-14(26-23-12)11-7-9(5-6-21-11)22-17(24)16(18)19/h2-8,16H,1H3,(H,21,22,24). The molecule has 0 aliphatic carbocycles. The Morgan fingerprint density at radius 3 is 2.81 bits per heavy atom. The number of nitrogens with zero attached hydrogens (tertiary/aromatic N) is 2. The number of halogens is 3. The summed E-state index contributed by atoms with van der Waals surface area (Å²) in [6.45, 7) is 0. The van der Waals surface area contributed by atoms with Crippen LogP contribution in [-0.2, 0) is 4.79 Å². The lowest BCUT2D eigenvalue weighted by Gasteiger charge is -2.06. The summed E-state index contributed by atoms with van der Waals surface area (Å²) >= 11 is 11.0. The molecule has 9 heteroatoms. The van der Waals surface area contributed by atoms with E-state index in [1.807, 2.05) is 0 Å². The van der Waals surface area contributed by atoms with Gasteiger partial charge in [-0.2, -0.15) is 0 Å². The maximum atomic E-state index is 14.2. The second-order valence-corrected chi connectivity index (χ2v) is 6.21. The summed E-state index contributed by atoms with van der Waals surface area (Å²) in [5.74, 6) is -0.447. The zero-order valence-electron chi connectivity index (χ0n) is 13.4. The SMILES string of the molecule is COc1cccc(F)c1-c1cc(-c2cc(NC(=O)C(Cl)Cl)ccn2)on1. The summed E-state index contributed by atoms with van der Waals surface area (Å²) in [5, 5.41) is 6.42. The Labute approximate surface area is 157 Å². The highest BCUT2D eigenvalue weighted by molar-refractivity contribution is 6.54. The molecule has 134 valence electrons. The highest BCUT2D eigenvalue weighted by Crippen LogP contribution is 2.34. The topological polar surface area (TPSA) is 77.2 Å². The first-order chi connectivity index (χ1) is 12.5. The molecule has 2 heterocycles. The zero-order valence-corrected chi connectivity index (χ0v) is 14.9. The van der Waals surface area contributed by atoms with E-state index >= 15 is 0 Å². The van der Waals surface area contributed by atoms with Gasteiger partial charge in [-0.1, -0.05) is 34.4 Å². The van der Waals surface area contributed by atoms with Gasteiger partial charge in [0.25, 0.3) is 5.91 Å². The number of rotatable bonds is 5. The van der Waals surface area contributed by atoms with E-state index in [0.29, 0.717) is 17.1 Å². The third-order valence-electron chi connectivity index (χ3n) is 3.44. The molecule has 6 nitrogen and oxygen atoms in total. The van der Waals surface area contributed by atoms with Gasteiger partial charge in [-0.15, -0.1) is 0 Å². The van der Waals surface area contributed by atoms with Crippen molar-refractivity contribution in [3.05, 3.63) is 48.4 Å². The number of amides is 1.